The Bertz CT molecular complexity index is 1210. The van der Waals surface area contributed by atoms with Gasteiger partial charge in [-0.2, -0.15) is 5.10 Å². The number of hydrogen-bond donors (Lipinski definition) is 1. The van der Waals surface area contributed by atoms with Crippen LogP contribution in [-0.2, 0) is 4.74 Å². The highest BCUT2D eigenvalue weighted by Crippen LogP contribution is 2.25. The molecule has 29 heavy (non-hydrogen) atoms. The first-order chi connectivity index (χ1) is 14.3. The number of benzene rings is 1. The first-order valence-corrected chi connectivity index (χ1v) is 9.34. The van der Waals surface area contributed by atoms with Crippen molar-refractivity contribution in [2.24, 2.45) is 0 Å². The van der Waals surface area contributed by atoms with Crippen LogP contribution in [0.5, 0.6) is 0 Å². The molecule has 2 unspecified atom stereocenters. The van der Waals surface area contributed by atoms with Crippen LogP contribution in [0, 0.1) is 0 Å². The van der Waals surface area contributed by atoms with Gasteiger partial charge in [-0.05, 0) is 30.3 Å². The molecule has 0 saturated carbocycles. The van der Waals surface area contributed by atoms with E-state index in [2.05, 4.69) is 25.4 Å². The minimum absolute atomic E-state index is 0.147. The molecule has 1 saturated heterocycles. The summed E-state index contributed by atoms with van der Waals surface area (Å²) in [5.74, 6) is 0.717. The molecule has 8 nitrogen and oxygen atoms in total. The summed E-state index contributed by atoms with van der Waals surface area (Å²) in [5.41, 5.74) is 2.30. The normalized spacial score (nSPS) is 18.8. The van der Waals surface area contributed by atoms with E-state index >= 15 is 0 Å². The van der Waals surface area contributed by atoms with Crippen molar-refractivity contribution in [2.75, 3.05) is 18.5 Å². The van der Waals surface area contributed by atoms with Crippen molar-refractivity contribution in [3.05, 3.63) is 77.6 Å². The van der Waals surface area contributed by atoms with Crippen LogP contribution in [0.1, 0.15) is 6.04 Å². The predicted molar refractivity (Wildman–Crippen MR) is 109 cm³/mol. The molecule has 5 rings (SSSR count). The van der Waals surface area contributed by atoms with Crippen molar-refractivity contribution in [1.29, 1.82) is 0 Å². The smallest absolute Gasteiger partial charge is 0.267 e. The monoisotopic (exact) mass is 386 g/mol. The second-order valence-corrected chi connectivity index (χ2v) is 6.83. The molecule has 2 atom stereocenters. The van der Waals surface area contributed by atoms with E-state index in [1.54, 1.807) is 18.5 Å². The molecule has 1 N–H and O–H groups in total. The number of pyridine rings is 1. The number of rotatable bonds is 4. The van der Waals surface area contributed by atoms with Gasteiger partial charge in [-0.25, -0.2) is 14.6 Å². The van der Waals surface area contributed by atoms with Crippen molar-refractivity contribution < 1.29 is 4.74 Å². The second-order valence-electron chi connectivity index (χ2n) is 6.83. The fraction of sp³-hybridized carbons (Fsp3) is 0.190. The number of aromatic nitrogens is 5. The largest absolute Gasteiger partial charge is 0.377 e. The topological polar surface area (TPSA) is 94.8 Å². The van der Waals surface area contributed by atoms with Gasteiger partial charge in [0.15, 0.2) is 0 Å². The summed E-state index contributed by atoms with van der Waals surface area (Å²) < 4.78 is 7.20. The summed E-state index contributed by atoms with van der Waals surface area (Å²) in [6.07, 6.45) is 4.94. The van der Waals surface area contributed by atoms with Crippen LogP contribution in [0.4, 0.5) is 5.82 Å². The van der Waals surface area contributed by atoms with E-state index in [-0.39, 0.29) is 17.6 Å². The lowest BCUT2D eigenvalue weighted by Gasteiger charge is -2.21. The summed E-state index contributed by atoms with van der Waals surface area (Å²) >= 11 is 0. The number of nitrogens with zero attached hydrogens (tertiary/aromatic N) is 5. The van der Waals surface area contributed by atoms with Crippen molar-refractivity contribution in [3.63, 3.8) is 0 Å². The number of nitrogens with one attached hydrogen (secondary N) is 1. The Morgan fingerprint density at radius 1 is 1.00 bits per heavy atom. The van der Waals surface area contributed by atoms with Gasteiger partial charge in [-0.15, -0.1) is 0 Å². The molecule has 4 aromatic rings. The van der Waals surface area contributed by atoms with Crippen molar-refractivity contribution >= 4 is 16.7 Å². The van der Waals surface area contributed by atoms with Gasteiger partial charge < -0.3 is 10.1 Å². The van der Waals surface area contributed by atoms with Gasteiger partial charge in [0, 0.05) is 29.4 Å². The van der Waals surface area contributed by atoms with Gasteiger partial charge >= 0.3 is 0 Å². The number of hydrogen-bond acceptors (Lipinski definition) is 7. The molecule has 1 aromatic carbocycles. The van der Waals surface area contributed by atoms with E-state index in [4.69, 9.17) is 4.74 Å². The molecular formula is C21H18N6O2. The molecule has 1 fully saturated rings. The van der Waals surface area contributed by atoms with Crippen LogP contribution in [0.15, 0.2) is 72.0 Å². The number of ether oxygens (including phenoxy) is 1. The van der Waals surface area contributed by atoms with Gasteiger partial charge in [0.05, 0.1) is 30.5 Å². The Balaban J connectivity index is 1.49. The summed E-state index contributed by atoms with van der Waals surface area (Å²) in [6, 6.07) is 14.4. The molecule has 0 aliphatic carbocycles. The van der Waals surface area contributed by atoms with Gasteiger partial charge in [0.1, 0.15) is 18.2 Å². The van der Waals surface area contributed by atoms with Crippen molar-refractivity contribution in [3.8, 4) is 11.3 Å². The molecule has 1 aliphatic heterocycles. The zero-order chi connectivity index (χ0) is 19.6. The van der Waals surface area contributed by atoms with Crippen LogP contribution >= 0.6 is 0 Å². The molecule has 3 aromatic heterocycles. The Morgan fingerprint density at radius 3 is 2.76 bits per heavy atom. The average Bonchev–Trinajstić information content (AvgIpc) is 3.23. The molecule has 0 amide bonds. The quantitative estimate of drug-likeness (QED) is 0.575. The molecular weight excluding hydrogens is 368 g/mol. The third-order valence-electron chi connectivity index (χ3n) is 5.03. The predicted octanol–water partition coefficient (Wildman–Crippen LogP) is 2.30. The Kier molecular flexibility index (Phi) is 4.45. The Labute approximate surface area is 166 Å². The van der Waals surface area contributed by atoms with E-state index in [0.29, 0.717) is 18.9 Å². The maximum Gasteiger partial charge on any atom is 0.267 e. The van der Waals surface area contributed by atoms with Gasteiger partial charge in [0.25, 0.3) is 5.56 Å². The highest BCUT2D eigenvalue weighted by molar-refractivity contribution is 5.88. The molecule has 8 heteroatoms. The highest BCUT2D eigenvalue weighted by atomic mass is 16.5. The zero-order valence-electron chi connectivity index (χ0n) is 15.5. The van der Waals surface area contributed by atoms with Crippen LogP contribution in [0.2, 0.25) is 0 Å². The number of fused-ring (bicyclic) bond motifs is 1. The number of anilines is 1. The third-order valence-corrected chi connectivity index (χ3v) is 5.03. The summed E-state index contributed by atoms with van der Waals surface area (Å²) in [4.78, 5) is 25.3. The molecule has 4 heterocycles. The van der Waals surface area contributed by atoms with Gasteiger partial charge in [-0.1, -0.05) is 12.1 Å². The van der Waals surface area contributed by atoms with Gasteiger partial charge in [0.2, 0.25) is 0 Å². The zero-order valence-corrected chi connectivity index (χ0v) is 15.5. The minimum Gasteiger partial charge on any atom is -0.377 e. The van der Waals surface area contributed by atoms with E-state index in [9.17, 15) is 4.79 Å². The molecule has 0 bridgehead atoms. The Morgan fingerprint density at radius 2 is 1.86 bits per heavy atom. The average molecular weight is 386 g/mol. The highest BCUT2D eigenvalue weighted by Gasteiger charge is 2.32. The van der Waals surface area contributed by atoms with Gasteiger partial charge in [-0.3, -0.25) is 9.78 Å². The SMILES string of the molecule is O=c1ccc(-c2ccncc2)nn1C1COCC1Nc1ncnc2ccccc12. The van der Waals surface area contributed by atoms with E-state index in [1.165, 1.54) is 17.1 Å². The maximum absolute atomic E-state index is 12.6. The molecule has 0 radical (unpaired) electrons. The Hall–Kier alpha value is -3.65. The summed E-state index contributed by atoms with van der Waals surface area (Å²) in [5, 5.41) is 8.96. The minimum atomic E-state index is -0.252. The van der Waals surface area contributed by atoms with Crippen LogP contribution in [-0.4, -0.2) is 44.0 Å². The fourth-order valence-electron chi connectivity index (χ4n) is 3.56. The third kappa shape index (κ3) is 3.34. The van der Waals surface area contributed by atoms with Crippen LogP contribution < -0.4 is 10.9 Å². The standard InChI is InChI=1S/C21H18N6O2/c28-20-6-5-16(14-7-9-22-10-8-14)26-27(20)19-12-29-11-18(19)25-21-15-3-1-2-4-17(15)23-13-24-21/h1-10,13,18-19H,11-12H2,(H,23,24,25). The number of para-hydroxylation sites is 1. The summed E-state index contributed by atoms with van der Waals surface area (Å²) in [6.45, 7) is 0.851. The summed E-state index contributed by atoms with van der Waals surface area (Å²) in [7, 11) is 0. The van der Waals surface area contributed by atoms with Crippen LogP contribution in [0.3, 0.4) is 0 Å². The van der Waals surface area contributed by atoms with E-state index < -0.39 is 0 Å². The lowest BCUT2D eigenvalue weighted by Crippen LogP contribution is -2.37. The lowest BCUT2D eigenvalue weighted by atomic mass is 10.1. The first-order valence-electron chi connectivity index (χ1n) is 9.34. The fourth-order valence-corrected chi connectivity index (χ4v) is 3.56. The van der Waals surface area contributed by atoms with E-state index in [0.717, 1.165) is 22.3 Å². The van der Waals surface area contributed by atoms with E-state index in [1.807, 2.05) is 36.4 Å². The lowest BCUT2D eigenvalue weighted by molar-refractivity contribution is 0.183. The molecule has 1 aliphatic rings. The first kappa shape index (κ1) is 17.4. The van der Waals surface area contributed by atoms with Crippen molar-refractivity contribution in [2.45, 2.75) is 12.1 Å². The maximum atomic E-state index is 12.6. The second kappa shape index (κ2) is 7.40. The molecule has 144 valence electrons. The van der Waals surface area contributed by atoms with Crippen LogP contribution in [0.25, 0.3) is 22.2 Å². The molecule has 0 spiro atoms. The van der Waals surface area contributed by atoms with Crippen molar-refractivity contribution in [1.82, 2.24) is 24.7 Å².